The fourth-order valence-electron chi connectivity index (χ4n) is 1.71. The number of halogens is 1. The topological polar surface area (TPSA) is 13.1 Å². The van der Waals surface area contributed by atoms with Crippen molar-refractivity contribution in [2.24, 2.45) is 7.05 Å². The quantitative estimate of drug-likeness (QED) is 0.552. The van der Waals surface area contributed by atoms with E-state index in [2.05, 4.69) is 30.4 Å². The van der Waals surface area contributed by atoms with E-state index >= 15 is 0 Å². The van der Waals surface area contributed by atoms with Gasteiger partial charge in [0.2, 0.25) is 0 Å². The summed E-state index contributed by atoms with van der Waals surface area (Å²) in [6.45, 7) is 2.68. The van der Waals surface area contributed by atoms with Crippen molar-refractivity contribution >= 4 is 12.2 Å². The molecule has 0 saturated carbocycles. The Labute approximate surface area is 131 Å². The van der Waals surface area contributed by atoms with Gasteiger partial charge in [-0.05, 0) is 18.6 Å². The lowest BCUT2D eigenvalue weighted by Crippen LogP contribution is -3.00. The minimum absolute atomic E-state index is 0. The van der Waals surface area contributed by atoms with Gasteiger partial charge >= 0.3 is 0 Å². The Hall–Kier alpha value is -1.36. The van der Waals surface area contributed by atoms with Gasteiger partial charge in [0.25, 0.3) is 0 Å². The van der Waals surface area contributed by atoms with Gasteiger partial charge in [0, 0.05) is 17.7 Å². The molecule has 0 spiro atoms. The van der Waals surface area contributed by atoms with Crippen LogP contribution in [0.5, 0.6) is 5.75 Å². The smallest absolute Gasteiger partial charge is 0.169 e. The lowest BCUT2D eigenvalue weighted by molar-refractivity contribution is -0.671. The number of aromatic nitrogens is 1. The van der Waals surface area contributed by atoms with E-state index in [1.165, 1.54) is 5.56 Å². The standard InChI is InChI=1S/C16H18NO.HI/c1-3-18-16-7-5-4-6-15(16)9-8-14-10-12-17(2)13-11-14;/h4-13H,3H2,1-2H3;1H/q+1;/p-1/b9-8+;. The Kier molecular flexibility index (Phi) is 6.56. The molecule has 100 valence electrons. The minimum Gasteiger partial charge on any atom is -1.00 e. The van der Waals surface area contributed by atoms with Gasteiger partial charge in [-0.2, -0.15) is 0 Å². The molecule has 2 nitrogen and oxygen atoms in total. The summed E-state index contributed by atoms with van der Waals surface area (Å²) in [4.78, 5) is 0. The molecule has 0 unspecified atom stereocenters. The van der Waals surface area contributed by atoms with E-state index in [4.69, 9.17) is 4.74 Å². The molecule has 0 aliphatic heterocycles. The molecule has 1 aromatic heterocycles. The van der Waals surface area contributed by atoms with Gasteiger partial charge in [-0.1, -0.05) is 30.4 Å². The molecule has 0 aliphatic carbocycles. The highest BCUT2D eigenvalue weighted by molar-refractivity contribution is 5.72. The van der Waals surface area contributed by atoms with Crippen LogP contribution in [0.1, 0.15) is 18.1 Å². The Morgan fingerprint density at radius 3 is 2.42 bits per heavy atom. The highest BCUT2D eigenvalue weighted by Gasteiger charge is 1.98. The maximum absolute atomic E-state index is 5.59. The zero-order chi connectivity index (χ0) is 12.8. The second kappa shape index (κ2) is 7.94. The molecule has 19 heavy (non-hydrogen) atoms. The molecule has 2 rings (SSSR count). The van der Waals surface area contributed by atoms with Crippen LogP contribution in [0.3, 0.4) is 0 Å². The van der Waals surface area contributed by atoms with E-state index in [0.29, 0.717) is 6.61 Å². The van der Waals surface area contributed by atoms with E-state index in [1.807, 2.05) is 49.1 Å². The lowest BCUT2D eigenvalue weighted by atomic mass is 10.1. The Morgan fingerprint density at radius 2 is 1.74 bits per heavy atom. The van der Waals surface area contributed by atoms with Gasteiger partial charge in [0.15, 0.2) is 12.4 Å². The fourth-order valence-corrected chi connectivity index (χ4v) is 1.71. The molecule has 1 aromatic carbocycles. The van der Waals surface area contributed by atoms with Crippen molar-refractivity contribution in [3.63, 3.8) is 0 Å². The Balaban J connectivity index is 0.00000180. The van der Waals surface area contributed by atoms with Gasteiger partial charge < -0.3 is 28.7 Å². The number of ether oxygens (including phenoxy) is 1. The first-order valence-corrected chi connectivity index (χ1v) is 6.15. The van der Waals surface area contributed by atoms with E-state index < -0.39 is 0 Å². The van der Waals surface area contributed by atoms with E-state index in [0.717, 1.165) is 11.3 Å². The van der Waals surface area contributed by atoms with Crippen LogP contribution in [0.2, 0.25) is 0 Å². The van der Waals surface area contributed by atoms with E-state index in [9.17, 15) is 0 Å². The summed E-state index contributed by atoms with van der Waals surface area (Å²) >= 11 is 0. The number of nitrogens with zero attached hydrogens (tertiary/aromatic N) is 1. The van der Waals surface area contributed by atoms with Crippen molar-refractivity contribution < 1.29 is 33.3 Å². The molecule has 0 aliphatic rings. The van der Waals surface area contributed by atoms with Crippen LogP contribution < -0.4 is 33.3 Å². The number of para-hydroxylation sites is 1. The van der Waals surface area contributed by atoms with Gasteiger partial charge in [-0.25, -0.2) is 4.57 Å². The summed E-state index contributed by atoms with van der Waals surface area (Å²) in [6.07, 6.45) is 8.25. The van der Waals surface area contributed by atoms with Gasteiger partial charge in [-0.3, -0.25) is 0 Å². The molecular formula is C16H18INO. The van der Waals surface area contributed by atoms with Crippen LogP contribution in [-0.4, -0.2) is 6.61 Å². The number of benzene rings is 1. The first kappa shape index (κ1) is 15.7. The molecular weight excluding hydrogens is 349 g/mol. The van der Waals surface area contributed by atoms with Crippen molar-refractivity contribution in [2.75, 3.05) is 6.61 Å². The molecule has 1 heterocycles. The second-order valence-corrected chi connectivity index (χ2v) is 4.10. The van der Waals surface area contributed by atoms with E-state index in [-0.39, 0.29) is 24.0 Å². The van der Waals surface area contributed by atoms with Crippen LogP contribution in [0, 0.1) is 0 Å². The lowest BCUT2D eigenvalue weighted by Gasteiger charge is -2.06. The molecule has 0 fully saturated rings. The molecule has 0 N–H and O–H groups in total. The van der Waals surface area contributed by atoms with Crippen molar-refractivity contribution in [1.82, 2.24) is 0 Å². The molecule has 0 saturated heterocycles. The largest absolute Gasteiger partial charge is 1.00 e. The summed E-state index contributed by atoms with van der Waals surface area (Å²) in [7, 11) is 2.01. The molecule has 3 heteroatoms. The number of pyridine rings is 1. The third kappa shape index (κ3) is 4.67. The maximum atomic E-state index is 5.59. The van der Waals surface area contributed by atoms with Gasteiger partial charge in [0.05, 0.1) is 6.61 Å². The van der Waals surface area contributed by atoms with Crippen LogP contribution >= 0.6 is 0 Å². The maximum Gasteiger partial charge on any atom is 0.169 e. The Bertz CT molecular complexity index is 535. The zero-order valence-electron chi connectivity index (χ0n) is 11.2. The summed E-state index contributed by atoms with van der Waals surface area (Å²) in [5.41, 5.74) is 2.28. The van der Waals surface area contributed by atoms with Crippen molar-refractivity contribution in [3.05, 3.63) is 59.9 Å². The SMILES string of the molecule is CCOc1ccccc1/C=C/c1cc[n+](C)cc1.[I-]. The molecule has 0 bridgehead atoms. The first-order chi connectivity index (χ1) is 8.79. The summed E-state index contributed by atoms with van der Waals surface area (Å²) in [5.74, 6) is 0.928. The normalized spacial score (nSPS) is 10.2. The molecule has 0 atom stereocenters. The highest BCUT2D eigenvalue weighted by Crippen LogP contribution is 2.20. The van der Waals surface area contributed by atoms with Crippen LogP contribution in [-0.2, 0) is 7.05 Å². The Morgan fingerprint density at radius 1 is 1.05 bits per heavy atom. The van der Waals surface area contributed by atoms with Crippen LogP contribution in [0.4, 0.5) is 0 Å². The zero-order valence-corrected chi connectivity index (χ0v) is 13.4. The molecule has 2 aromatic rings. The highest BCUT2D eigenvalue weighted by atomic mass is 127. The summed E-state index contributed by atoms with van der Waals surface area (Å²) in [6, 6.07) is 12.2. The predicted octanol–water partition coefficient (Wildman–Crippen LogP) is 0.0842. The van der Waals surface area contributed by atoms with Crippen LogP contribution in [0.15, 0.2) is 48.8 Å². The number of hydrogen-bond donors (Lipinski definition) is 0. The fraction of sp³-hybridized carbons (Fsp3) is 0.188. The number of hydrogen-bond acceptors (Lipinski definition) is 1. The third-order valence-electron chi connectivity index (χ3n) is 2.68. The minimum atomic E-state index is 0. The number of rotatable bonds is 4. The van der Waals surface area contributed by atoms with E-state index in [1.54, 1.807) is 0 Å². The third-order valence-corrected chi connectivity index (χ3v) is 2.68. The van der Waals surface area contributed by atoms with Crippen molar-refractivity contribution in [2.45, 2.75) is 6.92 Å². The number of aryl methyl sites for hydroxylation is 1. The first-order valence-electron chi connectivity index (χ1n) is 6.15. The van der Waals surface area contributed by atoms with Gasteiger partial charge in [-0.15, -0.1) is 0 Å². The molecule has 0 radical (unpaired) electrons. The second-order valence-electron chi connectivity index (χ2n) is 4.10. The average molecular weight is 367 g/mol. The van der Waals surface area contributed by atoms with Crippen molar-refractivity contribution in [3.8, 4) is 5.75 Å². The summed E-state index contributed by atoms with van der Waals surface area (Å²) < 4.78 is 7.61. The average Bonchev–Trinajstić information content (AvgIpc) is 2.40. The molecule has 0 amide bonds. The monoisotopic (exact) mass is 367 g/mol. The van der Waals surface area contributed by atoms with Crippen LogP contribution in [0.25, 0.3) is 12.2 Å². The summed E-state index contributed by atoms with van der Waals surface area (Å²) in [5, 5.41) is 0. The predicted molar refractivity (Wildman–Crippen MR) is 74.2 cm³/mol. The van der Waals surface area contributed by atoms with Crippen molar-refractivity contribution in [1.29, 1.82) is 0 Å². The van der Waals surface area contributed by atoms with Gasteiger partial charge in [0.1, 0.15) is 12.8 Å².